The second-order valence-corrected chi connectivity index (χ2v) is 9.38. The van der Waals surface area contributed by atoms with Crippen molar-refractivity contribution in [1.82, 2.24) is 0 Å². The lowest BCUT2D eigenvalue weighted by Gasteiger charge is -2.25. The van der Waals surface area contributed by atoms with Crippen LogP contribution in [-0.2, 0) is 22.6 Å². The number of nitrogens with zero attached hydrogens (tertiary/aromatic N) is 1. The summed E-state index contributed by atoms with van der Waals surface area (Å²) in [5, 5.41) is 0. The van der Waals surface area contributed by atoms with Crippen LogP contribution in [0.2, 0.25) is 0 Å². The molecule has 1 aliphatic carbocycles. The van der Waals surface area contributed by atoms with Crippen LogP contribution in [0.15, 0.2) is 103 Å². The Balaban J connectivity index is 1.23. The van der Waals surface area contributed by atoms with Crippen LogP contribution in [0.4, 0.5) is 5.69 Å². The molecule has 0 spiro atoms. The van der Waals surface area contributed by atoms with Crippen molar-refractivity contribution in [3.05, 3.63) is 142 Å². The van der Waals surface area contributed by atoms with E-state index in [9.17, 15) is 9.59 Å². The maximum Gasteiger partial charge on any atom is 0.307 e. The molecule has 0 radical (unpaired) electrons. The molecule has 0 aromatic heterocycles. The van der Waals surface area contributed by atoms with E-state index in [1.54, 1.807) is 24.3 Å². The highest BCUT2D eigenvalue weighted by molar-refractivity contribution is 6.01. The summed E-state index contributed by atoms with van der Waals surface area (Å²) in [5.41, 5.74) is 4.92. The number of aryl methyl sites for hydroxylation is 1. The minimum Gasteiger partial charge on any atom is -0.489 e. The normalized spacial score (nSPS) is 14.4. The third kappa shape index (κ3) is 5.82. The van der Waals surface area contributed by atoms with Crippen LogP contribution in [0.25, 0.3) is 4.85 Å². The van der Waals surface area contributed by atoms with Crippen molar-refractivity contribution in [2.75, 3.05) is 0 Å². The minimum absolute atomic E-state index is 0.0274. The first-order chi connectivity index (χ1) is 18.6. The first kappa shape index (κ1) is 25.0. The van der Waals surface area contributed by atoms with E-state index in [1.165, 1.54) is 0 Å². The summed E-state index contributed by atoms with van der Waals surface area (Å²) >= 11 is 0. The Morgan fingerprint density at radius 2 is 1.55 bits per heavy atom. The Labute approximate surface area is 222 Å². The molecule has 1 aliphatic rings. The molecule has 0 aliphatic heterocycles. The predicted octanol–water partition coefficient (Wildman–Crippen LogP) is 7.28. The summed E-state index contributed by atoms with van der Waals surface area (Å²) in [4.78, 5) is 29.7. The van der Waals surface area contributed by atoms with Crippen LogP contribution in [0.5, 0.6) is 5.75 Å². The quantitative estimate of drug-likeness (QED) is 0.188. The largest absolute Gasteiger partial charge is 0.489 e. The number of rotatable bonds is 8. The minimum atomic E-state index is -0.520. The van der Waals surface area contributed by atoms with Crippen LogP contribution in [0.3, 0.4) is 0 Å². The van der Waals surface area contributed by atoms with E-state index in [4.69, 9.17) is 16.0 Å². The third-order valence-corrected chi connectivity index (χ3v) is 6.81. The van der Waals surface area contributed by atoms with Gasteiger partial charge in [0.25, 0.3) is 0 Å². The van der Waals surface area contributed by atoms with Crippen LogP contribution < -0.4 is 4.74 Å². The van der Waals surface area contributed by atoms with E-state index in [0.717, 1.165) is 22.3 Å². The molecular formula is C33H27NO4. The zero-order valence-corrected chi connectivity index (χ0v) is 20.9. The summed E-state index contributed by atoms with van der Waals surface area (Å²) in [7, 11) is 0. The van der Waals surface area contributed by atoms with Crippen LogP contribution in [0.1, 0.15) is 51.6 Å². The zero-order valence-electron chi connectivity index (χ0n) is 20.9. The number of hydrogen-bond acceptors (Lipinski definition) is 4. The Kier molecular flexibility index (Phi) is 7.61. The SMILES string of the molecule is [C-]#[N+]c1ccc(COc2ccc3c(c2)CCC(CC(=O)OC(c2ccccc2)c2ccccc2)C3=O)cc1. The highest BCUT2D eigenvalue weighted by Crippen LogP contribution is 2.32. The average Bonchev–Trinajstić information content (AvgIpc) is 2.97. The van der Waals surface area contributed by atoms with Gasteiger partial charge in [0, 0.05) is 11.5 Å². The number of ether oxygens (including phenoxy) is 2. The summed E-state index contributed by atoms with van der Waals surface area (Å²) in [6, 6.07) is 32.1. The van der Waals surface area contributed by atoms with E-state index in [0.29, 0.717) is 36.4 Å². The van der Waals surface area contributed by atoms with Crippen molar-refractivity contribution in [2.24, 2.45) is 5.92 Å². The first-order valence-electron chi connectivity index (χ1n) is 12.7. The van der Waals surface area contributed by atoms with Gasteiger partial charge < -0.3 is 9.47 Å². The molecule has 5 heteroatoms. The van der Waals surface area contributed by atoms with Crippen molar-refractivity contribution in [3.63, 3.8) is 0 Å². The van der Waals surface area contributed by atoms with Gasteiger partial charge in [-0.25, -0.2) is 4.85 Å². The predicted molar refractivity (Wildman–Crippen MR) is 145 cm³/mol. The highest BCUT2D eigenvalue weighted by Gasteiger charge is 2.31. The lowest BCUT2D eigenvalue weighted by molar-refractivity contribution is -0.148. The molecule has 0 saturated heterocycles. The first-order valence-corrected chi connectivity index (χ1v) is 12.7. The van der Waals surface area contributed by atoms with Gasteiger partial charge in [-0.15, -0.1) is 0 Å². The molecule has 4 aromatic rings. The van der Waals surface area contributed by atoms with Crippen LogP contribution >= 0.6 is 0 Å². The second-order valence-electron chi connectivity index (χ2n) is 9.38. The summed E-state index contributed by atoms with van der Waals surface area (Å²) in [6.45, 7) is 7.43. The Bertz CT molecular complexity index is 1420. The molecule has 38 heavy (non-hydrogen) atoms. The lowest BCUT2D eigenvalue weighted by atomic mass is 9.81. The smallest absolute Gasteiger partial charge is 0.307 e. The van der Waals surface area contributed by atoms with Gasteiger partial charge in [0.2, 0.25) is 0 Å². The topological polar surface area (TPSA) is 57.0 Å². The maximum atomic E-state index is 13.3. The Morgan fingerprint density at radius 3 is 2.18 bits per heavy atom. The zero-order chi connectivity index (χ0) is 26.3. The molecule has 0 fully saturated rings. The third-order valence-electron chi connectivity index (χ3n) is 6.81. The average molecular weight is 502 g/mol. The van der Waals surface area contributed by atoms with Gasteiger partial charge in [0.1, 0.15) is 12.4 Å². The van der Waals surface area contributed by atoms with E-state index >= 15 is 0 Å². The van der Waals surface area contributed by atoms with Gasteiger partial charge in [0.15, 0.2) is 17.6 Å². The standard InChI is InChI=1S/C33H27NO4/c1-34-28-16-12-23(13-17-28)22-37-29-18-19-30-26(20-29)14-15-27(32(30)36)21-31(35)38-33(24-8-4-2-5-9-24)25-10-6-3-7-11-25/h2-13,16-20,27,33H,14-15,21-22H2. The highest BCUT2D eigenvalue weighted by atomic mass is 16.5. The Morgan fingerprint density at radius 1 is 0.895 bits per heavy atom. The fourth-order valence-electron chi connectivity index (χ4n) is 4.78. The number of benzene rings is 4. The second kappa shape index (κ2) is 11.6. The molecule has 5 nitrogen and oxygen atoms in total. The molecule has 0 saturated carbocycles. The van der Waals surface area contributed by atoms with Gasteiger partial charge in [-0.05, 0) is 53.3 Å². The van der Waals surface area contributed by atoms with Gasteiger partial charge in [-0.3, -0.25) is 9.59 Å². The van der Waals surface area contributed by atoms with Crippen molar-refractivity contribution in [1.29, 1.82) is 0 Å². The fraction of sp³-hybridized carbons (Fsp3) is 0.182. The molecule has 1 unspecified atom stereocenters. The number of esters is 1. The van der Waals surface area contributed by atoms with Crippen LogP contribution in [-0.4, -0.2) is 11.8 Å². The maximum absolute atomic E-state index is 13.3. The summed E-state index contributed by atoms with van der Waals surface area (Å²) in [6.07, 6.45) is 0.807. The number of carbonyl (C=O) groups excluding carboxylic acids is 2. The molecule has 0 N–H and O–H groups in total. The molecule has 1 atom stereocenters. The monoisotopic (exact) mass is 501 g/mol. The molecular weight excluding hydrogens is 474 g/mol. The summed E-state index contributed by atoms with van der Waals surface area (Å²) < 4.78 is 11.9. The fourth-order valence-corrected chi connectivity index (χ4v) is 4.78. The number of fused-ring (bicyclic) bond motifs is 1. The van der Waals surface area contributed by atoms with E-state index in [-0.39, 0.29) is 18.2 Å². The molecule has 188 valence electrons. The number of ketones is 1. The van der Waals surface area contributed by atoms with Gasteiger partial charge in [-0.1, -0.05) is 84.9 Å². The van der Waals surface area contributed by atoms with E-state index in [1.807, 2.05) is 78.9 Å². The van der Waals surface area contributed by atoms with Gasteiger partial charge >= 0.3 is 5.97 Å². The number of hydrogen-bond donors (Lipinski definition) is 0. The molecule has 5 rings (SSSR count). The molecule has 0 amide bonds. The van der Waals surface area contributed by atoms with Crippen molar-refractivity contribution in [2.45, 2.75) is 32.0 Å². The molecule has 0 bridgehead atoms. The van der Waals surface area contributed by atoms with Crippen molar-refractivity contribution >= 4 is 17.4 Å². The molecule has 4 aromatic carbocycles. The Hall–Kier alpha value is -4.69. The van der Waals surface area contributed by atoms with Crippen LogP contribution in [0, 0.1) is 12.5 Å². The van der Waals surface area contributed by atoms with Gasteiger partial charge in [0.05, 0.1) is 13.0 Å². The lowest BCUT2D eigenvalue weighted by Crippen LogP contribution is -2.26. The van der Waals surface area contributed by atoms with E-state index in [2.05, 4.69) is 4.85 Å². The van der Waals surface area contributed by atoms with E-state index < -0.39 is 12.0 Å². The number of Topliss-reactive ketones (excluding diaryl/α,β-unsaturated/α-hetero) is 1. The summed E-state index contributed by atoms with van der Waals surface area (Å²) in [5.74, 6) is -0.124. The molecule has 0 heterocycles. The van der Waals surface area contributed by atoms with Crippen molar-refractivity contribution in [3.8, 4) is 5.75 Å². The van der Waals surface area contributed by atoms with Crippen molar-refractivity contribution < 1.29 is 19.1 Å². The van der Waals surface area contributed by atoms with Gasteiger partial charge in [-0.2, -0.15) is 0 Å². The number of carbonyl (C=O) groups is 2.